The fraction of sp³-hybridized carbons (Fsp3) is 0.333. The Morgan fingerprint density at radius 2 is 2.04 bits per heavy atom. The van der Waals surface area contributed by atoms with Gasteiger partial charge in [-0.3, -0.25) is 9.13 Å². The Labute approximate surface area is 146 Å². The fourth-order valence-corrected chi connectivity index (χ4v) is 3.12. The van der Waals surface area contributed by atoms with Gasteiger partial charge in [-0.15, -0.1) is 0 Å². The number of halogens is 3. The molecule has 1 aliphatic rings. The zero-order valence-corrected chi connectivity index (χ0v) is 14.0. The van der Waals surface area contributed by atoms with Crippen molar-refractivity contribution in [3.8, 4) is 11.1 Å². The molecule has 1 aromatic carbocycles. The van der Waals surface area contributed by atoms with Crippen molar-refractivity contribution in [1.29, 1.82) is 0 Å². The molecule has 0 spiro atoms. The summed E-state index contributed by atoms with van der Waals surface area (Å²) in [7, 11) is 1.62. The summed E-state index contributed by atoms with van der Waals surface area (Å²) in [6, 6.07) is 6.78. The van der Waals surface area contributed by atoms with Gasteiger partial charge in [0.1, 0.15) is 0 Å². The van der Waals surface area contributed by atoms with Crippen LogP contribution in [-0.2, 0) is 24.5 Å². The van der Waals surface area contributed by atoms with Crippen LogP contribution in [0, 0.1) is 0 Å². The highest BCUT2D eigenvalue weighted by Gasteiger charge is 2.30. The van der Waals surface area contributed by atoms with Crippen LogP contribution >= 0.6 is 0 Å². The lowest BCUT2D eigenvalue weighted by Crippen LogP contribution is -2.35. The first-order valence-electron chi connectivity index (χ1n) is 8.19. The molecule has 4 rings (SSSR count). The van der Waals surface area contributed by atoms with Crippen molar-refractivity contribution in [2.24, 2.45) is 7.05 Å². The minimum atomic E-state index is -4.41. The number of hydrogen-bond donors (Lipinski definition) is 0. The van der Waals surface area contributed by atoms with Crippen LogP contribution in [-0.4, -0.2) is 26.8 Å². The maximum atomic E-state index is 13.0. The lowest BCUT2D eigenvalue weighted by Gasteiger charge is -2.26. The van der Waals surface area contributed by atoms with Crippen LogP contribution in [0.4, 0.5) is 13.2 Å². The van der Waals surface area contributed by atoms with Crippen LogP contribution in [0.1, 0.15) is 12.0 Å². The highest BCUT2D eigenvalue weighted by Crippen LogP contribution is 2.32. The van der Waals surface area contributed by atoms with Crippen molar-refractivity contribution in [3.05, 3.63) is 52.6 Å². The second-order valence-electron chi connectivity index (χ2n) is 6.38. The molecular weight excluding hydrogens is 347 g/mol. The molecule has 0 N–H and O–H groups in total. The van der Waals surface area contributed by atoms with Gasteiger partial charge in [-0.25, -0.2) is 9.78 Å². The van der Waals surface area contributed by atoms with E-state index in [1.807, 2.05) is 0 Å². The number of nitrogens with zero attached hydrogens (tertiary/aromatic N) is 3. The third-order valence-corrected chi connectivity index (χ3v) is 4.68. The van der Waals surface area contributed by atoms with Crippen molar-refractivity contribution in [2.75, 3.05) is 6.61 Å². The van der Waals surface area contributed by atoms with Gasteiger partial charge >= 0.3 is 11.9 Å². The number of benzene rings is 1. The summed E-state index contributed by atoms with van der Waals surface area (Å²) < 4.78 is 47.3. The van der Waals surface area contributed by atoms with Gasteiger partial charge in [0.05, 0.1) is 23.7 Å². The number of alkyl halides is 3. The summed E-state index contributed by atoms with van der Waals surface area (Å²) in [6.07, 6.45) is -2.06. The summed E-state index contributed by atoms with van der Waals surface area (Å²) in [5.41, 5.74) is 1.06. The first-order valence-corrected chi connectivity index (χ1v) is 8.19. The van der Waals surface area contributed by atoms with Crippen LogP contribution in [0.15, 0.2) is 41.3 Å². The predicted octanol–water partition coefficient (Wildman–Crippen LogP) is 3.21. The first-order chi connectivity index (χ1) is 12.3. The molecule has 26 heavy (non-hydrogen) atoms. The Hall–Kier alpha value is -2.61. The monoisotopic (exact) mass is 363 g/mol. The number of fused-ring (bicyclic) bond motifs is 1. The van der Waals surface area contributed by atoms with Crippen molar-refractivity contribution in [2.45, 2.75) is 25.2 Å². The largest absolute Gasteiger partial charge is 0.416 e. The highest BCUT2D eigenvalue weighted by atomic mass is 19.4. The lowest BCUT2D eigenvalue weighted by atomic mass is 10.0. The maximum Gasteiger partial charge on any atom is 0.416 e. The molecule has 136 valence electrons. The summed E-state index contributed by atoms with van der Waals surface area (Å²) in [4.78, 5) is 16.8. The molecule has 1 aliphatic heterocycles. The molecule has 3 heterocycles. The number of rotatable bonds is 3. The van der Waals surface area contributed by atoms with E-state index in [1.54, 1.807) is 23.7 Å². The summed E-state index contributed by atoms with van der Waals surface area (Å²) in [5, 5.41) is 0. The number of ether oxygens (including phenoxy) is 1. The van der Waals surface area contributed by atoms with Gasteiger partial charge < -0.3 is 4.74 Å². The molecule has 0 amide bonds. The minimum absolute atomic E-state index is 0.0180. The third-order valence-electron chi connectivity index (χ3n) is 4.68. The number of hydrogen-bond acceptors (Lipinski definition) is 3. The molecule has 8 heteroatoms. The Balaban J connectivity index is 1.82. The number of aromatic nitrogens is 3. The Kier molecular flexibility index (Phi) is 3.87. The van der Waals surface area contributed by atoms with Crippen LogP contribution in [0.25, 0.3) is 22.3 Å². The van der Waals surface area contributed by atoms with E-state index in [4.69, 9.17) is 4.74 Å². The van der Waals surface area contributed by atoms with Gasteiger partial charge in [0, 0.05) is 25.4 Å². The molecule has 5 nitrogen and oxygen atoms in total. The SMILES string of the molecule is Cn1c(=O)n(C[C@H]2CCO2)c2cc(-c3cccc(C(F)(F)F)c3)cnc21. The van der Waals surface area contributed by atoms with Gasteiger partial charge in [-0.1, -0.05) is 12.1 Å². The Morgan fingerprint density at radius 3 is 2.69 bits per heavy atom. The van der Waals surface area contributed by atoms with E-state index in [2.05, 4.69) is 4.98 Å². The van der Waals surface area contributed by atoms with E-state index in [0.29, 0.717) is 35.4 Å². The van der Waals surface area contributed by atoms with E-state index in [1.165, 1.54) is 16.8 Å². The van der Waals surface area contributed by atoms with E-state index < -0.39 is 11.7 Å². The maximum absolute atomic E-state index is 13.0. The smallest absolute Gasteiger partial charge is 0.376 e. The van der Waals surface area contributed by atoms with Gasteiger partial charge in [-0.05, 0) is 30.2 Å². The molecule has 3 aromatic rings. The highest BCUT2D eigenvalue weighted by molar-refractivity contribution is 5.79. The Bertz CT molecular complexity index is 1030. The summed E-state index contributed by atoms with van der Waals surface area (Å²) >= 11 is 0. The van der Waals surface area contributed by atoms with Gasteiger partial charge in [0.2, 0.25) is 0 Å². The van der Waals surface area contributed by atoms with Crippen molar-refractivity contribution in [1.82, 2.24) is 14.1 Å². The predicted molar refractivity (Wildman–Crippen MR) is 89.8 cm³/mol. The normalized spacial score (nSPS) is 17.5. The molecule has 1 atom stereocenters. The zero-order valence-electron chi connectivity index (χ0n) is 14.0. The minimum Gasteiger partial charge on any atom is -0.376 e. The van der Waals surface area contributed by atoms with Crippen molar-refractivity contribution in [3.63, 3.8) is 0 Å². The average molecular weight is 363 g/mol. The van der Waals surface area contributed by atoms with Gasteiger partial charge in [0.25, 0.3) is 0 Å². The van der Waals surface area contributed by atoms with E-state index in [9.17, 15) is 18.0 Å². The molecule has 1 saturated heterocycles. The van der Waals surface area contributed by atoms with Crippen LogP contribution in [0.3, 0.4) is 0 Å². The number of aryl methyl sites for hydroxylation is 1. The van der Waals surface area contributed by atoms with Gasteiger partial charge in [-0.2, -0.15) is 13.2 Å². The van der Waals surface area contributed by atoms with Gasteiger partial charge in [0.15, 0.2) is 5.65 Å². The lowest BCUT2D eigenvalue weighted by molar-refractivity contribution is -0.137. The topological polar surface area (TPSA) is 49.0 Å². The first kappa shape index (κ1) is 16.8. The van der Waals surface area contributed by atoms with E-state index >= 15 is 0 Å². The molecule has 0 unspecified atom stereocenters. The van der Waals surface area contributed by atoms with Crippen molar-refractivity contribution < 1.29 is 17.9 Å². The second-order valence-corrected chi connectivity index (χ2v) is 6.38. The van der Waals surface area contributed by atoms with Crippen LogP contribution in [0.5, 0.6) is 0 Å². The average Bonchev–Trinajstić information content (AvgIpc) is 2.81. The van der Waals surface area contributed by atoms with Crippen LogP contribution in [0.2, 0.25) is 0 Å². The second kappa shape index (κ2) is 5.98. The zero-order chi connectivity index (χ0) is 18.5. The van der Waals surface area contributed by atoms with Crippen molar-refractivity contribution >= 4 is 11.2 Å². The molecule has 0 aliphatic carbocycles. The number of pyridine rings is 1. The fourth-order valence-electron chi connectivity index (χ4n) is 3.12. The van der Waals surface area contributed by atoms with E-state index in [0.717, 1.165) is 18.6 Å². The quantitative estimate of drug-likeness (QED) is 0.718. The summed E-state index contributed by atoms with van der Waals surface area (Å²) in [5.74, 6) is 0. The molecule has 2 aromatic heterocycles. The summed E-state index contributed by atoms with van der Waals surface area (Å²) in [6.45, 7) is 1.09. The van der Waals surface area contributed by atoms with Crippen LogP contribution < -0.4 is 5.69 Å². The molecular formula is C18H16F3N3O2. The number of imidazole rings is 1. The van der Waals surface area contributed by atoms with E-state index in [-0.39, 0.29) is 11.8 Å². The molecule has 1 fully saturated rings. The third kappa shape index (κ3) is 2.80. The Morgan fingerprint density at radius 1 is 1.27 bits per heavy atom. The molecule has 0 bridgehead atoms. The standard InChI is InChI=1S/C18H16F3N3O2/c1-23-16-15(24(17(23)25)10-14-5-6-26-14)8-12(9-22-16)11-3-2-4-13(7-11)18(19,20)21/h2-4,7-9,14H,5-6,10H2,1H3/t14-/m1/s1. The molecule has 0 saturated carbocycles. The molecule has 0 radical (unpaired) electrons.